The van der Waals surface area contributed by atoms with Gasteiger partial charge in [0.1, 0.15) is 5.52 Å². The number of nitrogens with zero attached hydrogens (tertiary/aromatic N) is 2. The van der Waals surface area contributed by atoms with Gasteiger partial charge < -0.3 is 9.73 Å². The molecule has 2 aromatic carbocycles. The smallest absolute Gasteiger partial charge is 0.269 e. The van der Waals surface area contributed by atoms with Crippen LogP contribution in [0, 0.1) is 10.1 Å². The maximum absolute atomic E-state index is 12.5. The van der Waals surface area contributed by atoms with Crippen molar-refractivity contribution in [2.24, 2.45) is 0 Å². The minimum atomic E-state index is -0.445. The first-order valence-electron chi connectivity index (χ1n) is 8.62. The molecule has 8 heteroatoms. The Morgan fingerprint density at radius 3 is 2.70 bits per heavy atom. The van der Waals surface area contributed by atoms with Crippen LogP contribution in [-0.2, 0) is 4.79 Å². The molecule has 27 heavy (non-hydrogen) atoms. The molecule has 1 unspecified atom stereocenters. The lowest BCUT2D eigenvalue weighted by Crippen LogP contribution is -2.22. The highest BCUT2D eigenvalue weighted by atomic mass is 32.2. The van der Waals surface area contributed by atoms with E-state index in [4.69, 9.17) is 4.42 Å². The minimum Gasteiger partial charge on any atom is -0.440 e. The summed E-state index contributed by atoms with van der Waals surface area (Å²) in [7, 11) is 0. The number of hydrogen-bond donors (Lipinski definition) is 1. The molecule has 1 atom stereocenters. The summed E-state index contributed by atoms with van der Waals surface area (Å²) < 4.78 is 5.73. The Hall–Kier alpha value is -2.87. The van der Waals surface area contributed by atoms with Gasteiger partial charge in [0.25, 0.3) is 5.69 Å². The average molecular weight is 383 g/mol. The fourth-order valence-corrected chi connectivity index (χ4v) is 3.54. The maximum Gasteiger partial charge on any atom is 0.269 e. The van der Waals surface area contributed by atoms with Crippen molar-refractivity contribution < 1.29 is 14.1 Å². The van der Waals surface area contributed by atoms with Crippen molar-refractivity contribution in [3.05, 3.63) is 58.5 Å². The highest BCUT2D eigenvalue weighted by molar-refractivity contribution is 8.00. The van der Waals surface area contributed by atoms with E-state index in [1.807, 2.05) is 12.1 Å². The molecule has 0 aliphatic heterocycles. The zero-order valence-electron chi connectivity index (χ0n) is 14.5. The predicted molar refractivity (Wildman–Crippen MR) is 103 cm³/mol. The number of thioether (sulfide) groups is 1. The summed E-state index contributed by atoms with van der Waals surface area (Å²) in [5, 5.41) is 13.2. The molecule has 4 rings (SSSR count). The van der Waals surface area contributed by atoms with Gasteiger partial charge >= 0.3 is 0 Å². The second-order valence-electron chi connectivity index (χ2n) is 6.51. The van der Waals surface area contributed by atoms with Gasteiger partial charge in [-0.3, -0.25) is 14.9 Å². The number of rotatable bonds is 6. The Morgan fingerprint density at radius 1 is 1.30 bits per heavy atom. The Morgan fingerprint density at radius 2 is 2.04 bits per heavy atom. The van der Waals surface area contributed by atoms with Crippen molar-refractivity contribution in [3.8, 4) is 0 Å². The van der Waals surface area contributed by atoms with Gasteiger partial charge in [-0.25, -0.2) is 4.98 Å². The van der Waals surface area contributed by atoms with Gasteiger partial charge in [-0.1, -0.05) is 0 Å². The molecule has 0 bridgehead atoms. The molecular weight excluding hydrogens is 366 g/mol. The molecule has 0 radical (unpaired) electrons. The van der Waals surface area contributed by atoms with Gasteiger partial charge in [-0.15, -0.1) is 11.8 Å². The van der Waals surface area contributed by atoms with Crippen molar-refractivity contribution in [1.82, 2.24) is 4.98 Å². The number of anilines is 1. The normalized spacial score (nSPS) is 14.9. The topological polar surface area (TPSA) is 98.3 Å². The number of carbonyl (C=O) groups is 1. The summed E-state index contributed by atoms with van der Waals surface area (Å²) in [5.41, 5.74) is 2.16. The van der Waals surface area contributed by atoms with E-state index in [0.29, 0.717) is 11.6 Å². The third-order valence-electron chi connectivity index (χ3n) is 4.33. The van der Waals surface area contributed by atoms with Gasteiger partial charge in [0.2, 0.25) is 5.91 Å². The third-order valence-corrected chi connectivity index (χ3v) is 5.44. The number of nitro groups is 1. The SMILES string of the molecule is CC(Sc1ccc([N+](=O)[O-])cc1)C(=O)Nc1ccc2oc(C3CC3)nc2c1. The van der Waals surface area contributed by atoms with Crippen LogP contribution in [0.5, 0.6) is 0 Å². The number of oxazole rings is 1. The van der Waals surface area contributed by atoms with Crippen molar-refractivity contribution in [2.45, 2.75) is 35.8 Å². The lowest BCUT2D eigenvalue weighted by Gasteiger charge is -2.12. The number of amides is 1. The molecule has 138 valence electrons. The Balaban J connectivity index is 1.41. The molecule has 7 nitrogen and oxygen atoms in total. The number of nitrogens with one attached hydrogen (secondary N) is 1. The number of nitro benzene ring substituents is 1. The van der Waals surface area contributed by atoms with Crippen molar-refractivity contribution in [2.75, 3.05) is 5.32 Å². The van der Waals surface area contributed by atoms with E-state index in [-0.39, 0.29) is 16.8 Å². The van der Waals surface area contributed by atoms with Crippen LogP contribution in [0.4, 0.5) is 11.4 Å². The quantitative estimate of drug-likeness (QED) is 0.375. The summed E-state index contributed by atoms with van der Waals surface area (Å²) in [4.78, 5) is 28.0. The van der Waals surface area contributed by atoms with Crippen LogP contribution in [0.2, 0.25) is 0 Å². The molecule has 1 aliphatic carbocycles. The van der Waals surface area contributed by atoms with Crippen molar-refractivity contribution >= 4 is 40.1 Å². The number of hydrogen-bond acceptors (Lipinski definition) is 6. The fraction of sp³-hybridized carbons (Fsp3) is 0.263. The van der Waals surface area contributed by atoms with E-state index in [9.17, 15) is 14.9 Å². The average Bonchev–Trinajstić information content (AvgIpc) is 3.41. The Labute approximate surface area is 159 Å². The summed E-state index contributed by atoms with van der Waals surface area (Å²) in [5.74, 6) is 1.06. The van der Waals surface area contributed by atoms with E-state index >= 15 is 0 Å². The molecule has 0 saturated heterocycles. The van der Waals surface area contributed by atoms with Crippen LogP contribution < -0.4 is 5.32 Å². The summed E-state index contributed by atoms with van der Waals surface area (Å²) in [6, 6.07) is 11.6. The van der Waals surface area contributed by atoms with Crippen molar-refractivity contribution in [1.29, 1.82) is 0 Å². The summed E-state index contributed by atoms with van der Waals surface area (Å²) in [6.45, 7) is 1.79. The van der Waals surface area contributed by atoms with E-state index < -0.39 is 4.92 Å². The molecular formula is C19H17N3O4S. The molecule has 3 aromatic rings. The largest absolute Gasteiger partial charge is 0.440 e. The lowest BCUT2D eigenvalue weighted by atomic mass is 10.3. The van der Waals surface area contributed by atoms with E-state index in [2.05, 4.69) is 10.3 Å². The number of carbonyl (C=O) groups excluding carboxylic acids is 1. The molecule has 1 amide bonds. The first kappa shape index (κ1) is 17.5. The second-order valence-corrected chi connectivity index (χ2v) is 7.92. The van der Waals surface area contributed by atoms with Crippen molar-refractivity contribution in [3.63, 3.8) is 0 Å². The lowest BCUT2D eigenvalue weighted by molar-refractivity contribution is -0.384. The molecule has 1 N–H and O–H groups in total. The van der Waals surface area contributed by atoms with E-state index in [0.717, 1.165) is 34.7 Å². The van der Waals surface area contributed by atoms with Gasteiger partial charge in [-0.05, 0) is 50.1 Å². The minimum absolute atomic E-state index is 0.0305. The van der Waals surface area contributed by atoms with Gasteiger partial charge in [0, 0.05) is 28.6 Å². The Bertz CT molecular complexity index is 1010. The first-order valence-corrected chi connectivity index (χ1v) is 9.50. The van der Waals surface area contributed by atoms with Crippen LogP contribution in [0.15, 0.2) is 51.8 Å². The number of non-ortho nitro benzene ring substituents is 1. The van der Waals surface area contributed by atoms with Crippen LogP contribution in [0.25, 0.3) is 11.1 Å². The predicted octanol–water partition coefficient (Wildman–Crippen LogP) is 4.73. The zero-order chi connectivity index (χ0) is 19.0. The second kappa shape index (κ2) is 7.03. The summed E-state index contributed by atoms with van der Waals surface area (Å²) in [6.07, 6.45) is 2.24. The number of fused-ring (bicyclic) bond motifs is 1. The molecule has 0 spiro atoms. The van der Waals surface area contributed by atoms with Crippen LogP contribution in [0.3, 0.4) is 0 Å². The van der Waals surface area contributed by atoms with Gasteiger partial charge in [0.05, 0.1) is 10.2 Å². The molecule has 1 saturated carbocycles. The monoisotopic (exact) mass is 383 g/mol. The first-order chi connectivity index (χ1) is 13.0. The molecule has 1 aliphatic rings. The molecule has 1 heterocycles. The Kier molecular flexibility index (Phi) is 4.57. The maximum atomic E-state index is 12.5. The number of aromatic nitrogens is 1. The fourth-order valence-electron chi connectivity index (χ4n) is 2.68. The zero-order valence-corrected chi connectivity index (χ0v) is 15.4. The summed E-state index contributed by atoms with van der Waals surface area (Å²) >= 11 is 1.34. The molecule has 1 fully saturated rings. The highest BCUT2D eigenvalue weighted by Crippen LogP contribution is 2.40. The van der Waals surface area contributed by atoms with E-state index in [1.54, 1.807) is 25.1 Å². The van der Waals surface area contributed by atoms with Gasteiger partial charge in [0.15, 0.2) is 11.5 Å². The molecule has 1 aromatic heterocycles. The van der Waals surface area contributed by atoms with Gasteiger partial charge in [-0.2, -0.15) is 0 Å². The highest BCUT2D eigenvalue weighted by Gasteiger charge is 2.29. The van der Waals surface area contributed by atoms with Crippen LogP contribution in [-0.4, -0.2) is 21.1 Å². The van der Waals surface area contributed by atoms with E-state index in [1.165, 1.54) is 23.9 Å². The standard InChI is InChI=1S/C19H17N3O4S/c1-11(27-15-7-5-14(6-8-15)22(24)25)18(23)20-13-4-9-17-16(10-13)21-19(26-17)12-2-3-12/h4-12H,2-3H2,1H3,(H,20,23). The van der Waals surface area contributed by atoms with Crippen LogP contribution in [0.1, 0.15) is 31.6 Å². The number of benzene rings is 2. The van der Waals surface area contributed by atoms with Crippen LogP contribution >= 0.6 is 11.8 Å². The third kappa shape index (κ3) is 3.95.